The van der Waals surface area contributed by atoms with Crippen molar-refractivity contribution >= 4 is 29.9 Å². The number of ether oxygens (including phenoxy) is 1. The largest absolute Gasteiger partial charge is 0.477 e. The fourth-order valence-corrected chi connectivity index (χ4v) is 3.20. The van der Waals surface area contributed by atoms with Gasteiger partial charge in [-0.25, -0.2) is 4.98 Å². The van der Waals surface area contributed by atoms with Crippen molar-refractivity contribution in [2.45, 2.75) is 58.5 Å². The predicted octanol–water partition coefficient (Wildman–Crippen LogP) is 3.42. The standard InChI is InChI=1S/C20H35N5O.HI/c1-5-14-26-18-17(10-9-11-22-18)15-23-19(21-4)24-16-20(2,3)25-12-7-6-8-13-25;/h9-11H,5-8,12-16H2,1-4H3,(H2,21,23,24);1H. The number of aromatic nitrogens is 1. The molecule has 1 saturated heterocycles. The number of likely N-dealkylation sites (tertiary alicyclic amines) is 1. The van der Waals surface area contributed by atoms with E-state index in [4.69, 9.17) is 4.74 Å². The van der Waals surface area contributed by atoms with Crippen LogP contribution in [0.15, 0.2) is 23.3 Å². The molecule has 1 aliphatic rings. The lowest BCUT2D eigenvalue weighted by Gasteiger charge is -2.41. The second kappa shape index (κ2) is 12.4. The third-order valence-electron chi connectivity index (χ3n) is 4.86. The van der Waals surface area contributed by atoms with E-state index >= 15 is 0 Å². The maximum absolute atomic E-state index is 5.73. The molecule has 154 valence electrons. The van der Waals surface area contributed by atoms with Crippen molar-refractivity contribution in [3.8, 4) is 5.88 Å². The monoisotopic (exact) mass is 489 g/mol. The van der Waals surface area contributed by atoms with Gasteiger partial charge in [-0.05, 0) is 52.3 Å². The first-order chi connectivity index (χ1) is 12.6. The maximum atomic E-state index is 5.73. The molecule has 1 aliphatic heterocycles. The average Bonchev–Trinajstić information content (AvgIpc) is 2.68. The van der Waals surface area contributed by atoms with Crippen LogP contribution in [-0.2, 0) is 6.54 Å². The summed E-state index contributed by atoms with van der Waals surface area (Å²) in [5.41, 5.74) is 1.15. The minimum Gasteiger partial charge on any atom is -0.477 e. The van der Waals surface area contributed by atoms with Crippen molar-refractivity contribution in [1.29, 1.82) is 0 Å². The van der Waals surface area contributed by atoms with Crippen molar-refractivity contribution in [2.75, 3.05) is 33.3 Å². The molecule has 7 heteroatoms. The number of rotatable bonds is 8. The molecule has 2 heterocycles. The summed E-state index contributed by atoms with van der Waals surface area (Å²) in [6.45, 7) is 11.3. The van der Waals surface area contributed by atoms with Gasteiger partial charge in [-0.1, -0.05) is 19.4 Å². The van der Waals surface area contributed by atoms with Gasteiger partial charge in [0, 0.05) is 37.4 Å². The van der Waals surface area contributed by atoms with Gasteiger partial charge in [0.05, 0.1) is 6.61 Å². The number of hydrogen-bond acceptors (Lipinski definition) is 4. The van der Waals surface area contributed by atoms with Crippen LogP contribution in [0.3, 0.4) is 0 Å². The molecular formula is C20H36IN5O. The first-order valence-electron chi connectivity index (χ1n) is 9.83. The zero-order chi connectivity index (χ0) is 18.8. The van der Waals surface area contributed by atoms with E-state index in [2.05, 4.69) is 46.3 Å². The Bertz CT molecular complexity index is 573. The Morgan fingerprint density at radius 1 is 1.26 bits per heavy atom. The molecule has 27 heavy (non-hydrogen) atoms. The second-order valence-corrected chi connectivity index (χ2v) is 7.46. The van der Waals surface area contributed by atoms with Crippen molar-refractivity contribution in [3.63, 3.8) is 0 Å². The molecule has 6 nitrogen and oxygen atoms in total. The van der Waals surface area contributed by atoms with E-state index < -0.39 is 0 Å². The van der Waals surface area contributed by atoms with E-state index in [1.165, 1.54) is 32.4 Å². The lowest BCUT2D eigenvalue weighted by atomic mass is 9.98. The van der Waals surface area contributed by atoms with E-state index in [9.17, 15) is 0 Å². The van der Waals surface area contributed by atoms with Crippen LogP contribution in [0.2, 0.25) is 0 Å². The van der Waals surface area contributed by atoms with Gasteiger partial charge >= 0.3 is 0 Å². The molecule has 0 atom stereocenters. The highest BCUT2D eigenvalue weighted by molar-refractivity contribution is 14.0. The smallest absolute Gasteiger partial charge is 0.218 e. The molecule has 1 fully saturated rings. The molecule has 1 aromatic rings. The van der Waals surface area contributed by atoms with Crippen LogP contribution < -0.4 is 15.4 Å². The van der Waals surface area contributed by atoms with E-state index in [1.807, 2.05) is 12.1 Å². The highest BCUT2D eigenvalue weighted by Crippen LogP contribution is 2.19. The van der Waals surface area contributed by atoms with Crippen LogP contribution in [0.1, 0.15) is 52.0 Å². The number of aliphatic imine (C=N–C) groups is 1. The SMILES string of the molecule is CCCOc1ncccc1CNC(=NC)NCC(C)(C)N1CCCCC1.I. The molecule has 0 unspecified atom stereocenters. The predicted molar refractivity (Wildman–Crippen MR) is 123 cm³/mol. The summed E-state index contributed by atoms with van der Waals surface area (Å²) in [4.78, 5) is 11.3. The first-order valence-corrected chi connectivity index (χ1v) is 9.83. The average molecular weight is 489 g/mol. The van der Waals surface area contributed by atoms with Gasteiger partial charge in [0.1, 0.15) is 0 Å². The zero-order valence-corrected chi connectivity index (χ0v) is 19.6. The number of nitrogens with one attached hydrogen (secondary N) is 2. The Morgan fingerprint density at radius 3 is 2.67 bits per heavy atom. The Kier molecular flexibility index (Phi) is 11.0. The van der Waals surface area contributed by atoms with Gasteiger partial charge in [0.25, 0.3) is 0 Å². The molecule has 2 N–H and O–H groups in total. The van der Waals surface area contributed by atoms with Crippen molar-refractivity contribution in [1.82, 2.24) is 20.5 Å². The summed E-state index contributed by atoms with van der Waals surface area (Å²) in [7, 11) is 1.81. The van der Waals surface area contributed by atoms with Crippen molar-refractivity contribution in [3.05, 3.63) is 23.9 Å². The van der Waals surface area contributed by atoms with Gasteiger partial charge in [0.15, 0.2) is 5.96 Å². The molecular weight excluding hydrogens is 453 g/mol. The highest BCUT2D eigenvalue weighted by atomic mass is 127. The van der Waals surface area contributed by atoms with Gasteiger partial charge in [-0.15, -0.1) is 24.0 Å². The quantitative estimate of drug-likeness (QED) is 0.333. The summed E-state index contributed by atoms with van der Waals surface area (Å²) >= 11 is 0. The van der Waals surface area contributed by atoms with Gasteiger partial charge in [-0.2, -0.15) is 0 Å². The van der Waals surface area contributed by atoms with Crippen LogP contribution in [0.4, 0.5) is 0 Å². The number of hydrogen-bond donors (Lipinski definition) is 2. The molecule has 1 aromatic heterocycles. The van der Waals surface area contributed by atoms with Gasteiger partial charge < -0.3 is 15.4 Å². The summed E-state index contributed by atoms with van der Waals surface area (Å²) in [5.74, 6) is 1.51. The van der Waals surface area contributed by atoms with Crippen LogP contribution >= 0.6 is 24.0 Å². The van der Waals surface area contributed by atoms with E-state index in [0.717, 1.165) is 24.5 Å². The summed E-state index contributed by atoms with van der Waals surface area (Å²) in [6.07, 6.45) is 6.70. The third kappa shape index (κ3) is 7.81. The first kappa shape index (κ1) is 23.9. The molecule has 0 spiro atoms. The lowest BCUT2D eigenvalue weighted by Crippen LogP contribution is -2.54. The van der Waals surface area contributed by atoms with Gasteiger partial charge in [-0.3, -0.25) is 9.89 Å². The third-order valence-corrected chi connectivity index (χ3v) is 4.86. The highest BCUT2D eigenvalue weighted by Gasteiger charge is 2.27. The number of pyridine rings is 1. The number of piperidine rings is 1. The maximum Gasteiger partial charge on any atom is 0.218 e. The fraction of sp³-hybridized carbons (Fsp3) is 0.700. The molecule has 0 radical (unpaired) electrons. The molecule has 0 bridgehead atoms. The van der Waals surface area contributed by atoms with Crippen molar-refractivity contribution < 1.29 is 4.74 Å². The summed E-state index contributed by atoms with van der Waals surface area (Å²) in [6, 6.07) is 3.97. The zero-order valence-electron chi connectivity index (χ0n) is 17.3. The molecule has 0 aliphatic carbocycles. The second-order valence-electron chi connectivity index (χ2n) is 7.46. The van der Waals surface area contributed by atoms with E-state index in [-0.39, 0.29) is 29.5 Å². The Labute approximate surface area is 181 Å². The normalized spacial score (nSPS) is 15.8. The molecule has 0 amide bonds. The number of halogens is 1. The van der Waals surface area contributed by atoms with Crippen LogP contribution in [0, 0.1) is 0 Å². The Hall–Kier alpha value is -1.09. The van der Waals surface area contributed by atoms with Crippen LogP contribution in [-0.4, -0.2) is 54.7 Å². The van der Waals surface area contributed by atoms with Crippen LogP contribution in [0.25, 0.3) is 0 Å². The molecule has 0 aromatic carbocycles. The molecule has 0 saturated carbocycles. The Morgan fingerprint density at radius 2 is 2.00 bits per heavy atom. The fourth-order valence-electron chi connectivity index (χ4n) is 3.20. The lowest BCUT2D eigenvalue weighted by molar-refractivity contribution is 0.0982. The topological polar surface area (TPSA) is 61.8 Å². The van der Waals surface area contributed by atoms with E-state index in [1.54, 1.807) is 13.2 Å². The van der Waals surface area contributed by atoms with Gasteiger partial charge in [0.2, 0.25) is 5.88 Å². The summed E-state index contributed by atoms with van der Waals surface area (Å²) < 4.78 is 5.73. The van der Waals surface area contributed by atoms with E-state index in [0.29, 0.717) is 19.0 Å². The minimum absolute atomic E-state index is 0. The molecule has 2 rings (SSSR count). The Balaban J connectivity index is 0.00000364. The minimum atomic E-state index is 0. The van der Waals surface area contributed by atoms with Crippen LogP contribution in [0.5, 0.6) is 5.88 Å². The number of guanidine groups is 1. The van der Waals surface area contributed by atoms with Crippen molar-refractivity contribution in [2.24, 2.45) is 4.99 Å². The number of nitrogens with zero attached hydrogens (tertiary/aromatic N) is 3. The summed E-state index contributed by atoms with van der Waals surface area (Å²) in [5, 5.41) is 6.85.